The van der Waals surface area contributed by atoms with Crippen molar-refractivity contribution in [2.24, 2.45) is 0 Å². The lowest BCUT2D eigenvalue weighted by Gasteiger charge is -2.12. The fraction of sp³-hybridized carbons (Fsp3) is 0.188. The fourth-order valence-corrected chi connectivity index (χ4v) is 3.16. The van der Waals surface area contributed by atoms with Crippen molar-refractivity contribution in [1.29, 1.82) is 0 Å². The van der Waals surface area contributed by atoms with E-state index in [1.165, 1.54) is 29.8 Å². The molecule has 1 atom stereocenters. The quantitative estimate of drug-likeness (QED) is 0.489. The highest BCUT2D eigenvalue weighted by molar-refractivity contribution is 8.00. The minimum atomic E-state index is -0.466. The van der Waals surface area contributed by atoms with Crippen LogP contribution in [0.5, 0.6) is 5.75 Å². The SMILES string of the molecule is COc1ccc(NC(=O)C(C)Sc2nnc(-c3ccco3)n2N)cc1Cl. The average Bonchev–Trinajstić information content (AvgIpc) is 3.25. The largest absolute Gasteiger partial charge is 0.495 e. The summed E-state index contributed by atoms with van der Waals surface area (Å²) >= 11 is 7.25. The molecule has 136 valence electrons. The first-order chi connectivity index (χ1) is 12.5. The molecule has 1 amide bonds. The summed E-state index contributed by atoms with van der Waals surface area (Å²) in [5.41, 5.74) is 0.568. The van der Waals surface area contributed by atoms with Crippen molar-refractivity contribution < 1.29 is 13.9 Å². The van der Waals surface area contributed by atoms with Gasteiger partial charge in [0, 0.05) is 5.69 Å². The molecule has 2 heterocycles. The van der Waals surface area contributed by atoms with Gasteiger partial charge < -0.3 is 20.3 Å². The van der Waals surface area contributed by atoms with Crippen molar-refractivity contribution in [2.45, 2.75) is 17.3 Å². The molecule has 3 N–H and O–H groups in total. The predicted octanol–water partition coefficient (Wildman–Crippen LogP) is 3.03. The van der Waals surface area contributed by atoms with Crippen LogP contribution in [-0.2, 0) is 4.79 Å². The van der Waals surface area contributed by atoms with E-state index in [1.54, 1.807) is 37.3 Å². The van der Waals surface area contributed by atoms with Gasteiger partial charge in [0.25, 0.3) is 0 Å². The highest BCUT2D eigenvalue weighted by Crippen LogP contribution is 2.29. The third-order valence-corrected chi connectivity index (χ3v) is 4.83. The van der Waals surface area contributed by atoms with Crippen LogP contribution in [0.1, 0.15) is 6.92 Å². The Balaban J connectivity index is 1.67. The maximum Gasteiger partial charge on any atom is 0.237 e. The number of benzene rings is 1. The van der Waals surface area contributed by atoms with Gasteiger partial charge in [-0.3, -0.25) is 4.79 Å². The minimum Gasteiger partial charge on any atom is -0.495 e. The number of carbonyl (C=O) groups is 1. The standard InChI is InChI=1S/C16H16ClN5O3S/c1-9(15(23)19-10-5-6-12(24-2)11(17)8-10)26-16-21-20-14(22(16)18)13-4-3-7-25-13/h3-9H,18H2,1-2H3,(H,19,23). The second kappa shape index (κ2) is 7.71. The summed E-state index contributed by atoms with van der Waals surface area (Å²) in [7, 11) is 1.53. The van der Waals surface area contributed by atoms with Crippen molar-refractivity contribution >= 4 is 35.0 Å². The zero-order valence-corrected chi connectivity index (χ0v) is 15.5. The lowest BCUT2D eigenvalue weighted by atomic mass is 10.3. The van der Waals surface area contributed by atoms with E-state index in [0.29, 0.717) is 33.2 Å². The van der Waals surface area contributed by atoms with E-state index < -0.39 is 5.25 Å². The molecule has 0 saturated heterocycles. The Labute approximate surface area is 158 Å². The Hall–Kier alpha value is -2.65. The molecule has 8 nitrogen and oxygen atoms in total. The van der Waals surface area contributed by atoms with Crippen molar-refractivity contribution in [2.75, 3.05) is 18.3 Å². The average molecular weight is 394 g/mol. The van der Waals surface area contributed by atoms with Gasteiger partial charge >= 0.3 is 0 Å². The molecule has 3 rings (SSSR count). The Morgan fingerprint density at radius 2 is 2.23 bits per heavy atom. The van der Waals surface area contributed by atoms with Gasteiger partial charge in [-0.05, 0) is 37.3 Å². The van der Waals surface area contributed by atoms with E-state index in [2.05, 4.69) is 15.5 Å². The van der Waals surface area contributed by atoms with E-state index in [0.717, 1.165) is 0 Å². The summed E-state index contributed by atoms with van der Waals surface area (Å²) in [4.78, 5) is 12.4. The minimum absolute atomic E-state index is 0.223. The van der Waals surface area contributed by atoms with E-state index >= 15 is 0 Å². The molecule has 1 aromatic carbocycles. The van der Waals surface area contributed by atoms with Crippen LogP contribution in [0, 0.1) is 0 Å². The molecule has 2 aromatic heterocycles. The number of halogens is 1. The lowest BCUT2D eigenvalue weighted by molar-refractivity contribution is -0.115. The first kappa shape index (κ1) is 18.2. The van der Waals surface area contributed by atoms with Gasteiger partial charge in [0.1, 0.15) is 5.75 Å². The number of thioether (sulfide) groups is 1. The third-order valence-electron chi connectivity index (χ3n) is 3.48. The zero-order valence-electron chi connectivity index (χ0n) is 14.0. The number of nitrogens with two attached hydrogens (primary N) is 1. The molecule has 0 bridgehead atoms. The number of aromatic nitrogens is 3. The number of hydrogen-bond donors (Lipinski definition) is 2. The van der Waals surface area contributed by atoms with Crippen LogP contribution in [0.2, 0.25) is 5.02 Å². The molecule has 0 fully saturated rings. The molecule has 0 aliphatic carbocycles. The van der Waals surface area contributed by atoms with Gasteiger partial charge in [0.05, 0.1) is 23.6 Å². The zero-order chi connectivity index (χ0) is 18.7. The maximum absolute atomic E-state index is 12.4. The van der Waals surface area contributed by atoms with Crippen molar-refractivity contribution in [3.8, 4) is 17.3 Å². The van der Waals surface area contributed by atoms with Crippen LogP contribution in [0.25, 0.3) is 11.6 Å². The number of rotatable bonds is 6. The summed E-state index contributed by atoms with van der Waals surface area (Å²) in [6, 6.07) is 8.47. The predicted molar refractivity (Wildman–Crippen MR) is 99.8 cm³/mol. The van der Waals surface area contributed by atoms with Gasteiger partial charge in [-0.1, -0.05) is 23.4 Å². The highest BCUT2D eigenvalue weighted by Gasteiger charge is 2.21. The van der Waals surface area contributed by atoms with E-state index in [4.69, 9.17) is 26.6 Å². The molecule has 26 heavy (non-hydrogen) atoms. The fourth-order valence-electron chi connectivity index (χ4n) is 2.13. The second-order valence-corrected chi connectivity index (χ2v) is 6.97. The molecule has 0 aliphatic heterocycles. The van der Waals surface area contributed by atoms with E-state index in [-0.39, 0.29) is 5.91 Å². The summed E-state index contributed by atoms with van der Waals surface area (Å²) in [5.74, 6) is 7.19. The summed E-state index contributed by atoms with van der Waals surface area (Å²) in [6.07, 6.45) is 1.52. The van der Waals surface area contributed by atoms with Crippen molar-refractivity contribution in [3.63, 3.8) is 0 Å². The number of nitrogens with zero attached hydrogens (tertiary/aromatic N) is 3. The summed E-state index contributed by atoms with van der Waals surface area (Å²) in [6.45, 7) is 1.74. The Morgan fingerprint density at radius 3 is 2.88 bits per heavy atom. The highest BCUT2D eigenvalue weighted by atomic mass is 35.5. The molecular weight excluding hydrogens is 378 g/mol. The van der Waals surface area contributed by atoms with Gasteiger partial charge in [0.2, 0.25) is 16.9 Å². The molecule has 0 spiro atoms. The van der Waals surface area contributed by atoms with E-state index in [1.807, 2.05) is 0 Å². The van der Waals surface area contributed by atoms with Crippen LogP contribution in [0.4, 0.5) is 5.69 Å². The number of nitrogens with one attached hydrogen (secondary N) is 1. The number of anilines is 1. The summed E-state index contributed by atoms with van der Waals surface area (Å²) < 4.78 is 11.6. The number of furan rings is 1. The van der Waals surface area contributed by atoms with Crippen LogP contribution < -0.4 is 15.9 Å². The van der Waals surface area contributed by atoms with Crippen LogP contribution in [0.15, 0.2) is 46.2 Å². The molecule has 3 aromatic rings. The third kappa shape index (κ3) is 3.78. The second-order valence-electron chi connectivity index (χ2n) is 5.25. The smallest absolute Gasteiger partial charge is 0.237 e. The van der Waals surface area contributed by atoms with Crippen molar-refractivity contribution in [1.82, 2.24) is 14.9 Å². The number of hydrogen-bond acceptors (Lipinski definition) is 7. The van der Waals surface area contributed by atoms with Gasteiger partial charge in [0.15, 0.2) is 5.76 Å². The van der Waals surface area contributed by atoms with E-state index in [9.17, 15) is 4.79 Å². The molecule has 0 aliphatic rings. The monoisotopic (exact) mass is 393 g/mol. The molecular formula is C16H16ClN5O3S. The van der Waals surface area contributed by atoms with Gasteiger partial charge in [-0.15, -0.1) is 10.2 Å². The number of ether oxygens (including phenoxy) is 1. The van der Waals surface area contributed by atoms with Gasteiger partial charge in [-0.25, -0.2) is 4.68 Å². The summed E-state index contributed by atoms with van der Waals surface area (Å²) in [5, 5.41) is 11.1. The van der Waals surface area contributed by atoms with Crippen LogP contribution >= 0.6 is 23.4 Å². The number of carbonyl (C=O) groups excluding carboxylic acids is 1. The first-order valence-corrected chi connectivity index (χ1v) is 8.80. The van der Waals surface area contributed by atoms with Crippen LogP contribution in [0.3, 0.4) is 0 Å². The Bertz CT molecular complexity index is 913. The molecule has 0 radical (unpaired) electrons. The van der Waals surface area contributed by atoms with Crippen LogP contribution in [-0.4, -0.2) is 33.1 Å². The molecule has 1 unspecified atom stereocenters. The Kier molecular flexibility index (Phi) is 5.38. The van der Waals surface area contributed by atoms with Crippen molar-refractivity contribution in [3.05, 3.63) is 41.6 Å². The number of nitrogen functional groups attached to an aromatic ring is 1. The normalized spacial score (nSPS) is 12.0. The molecule has 0 saturated carbocycles. The van der Waals surface area contributed by atoms with Gasteiger partial charge in [-0.2, -0.15) is 0 Å². The maximum atomic E-state index is 12.4. The topological polar surface area (TPSA) is 108 Å². The lowest BCUT2D eigenvalue weighted by Crippen LogP contribution is -2.23. The first-order valence-electron chi connectivity index (χ1n) is 7.55. The number of methoxy groups -OCH3 is 1. The Morgan fingerprint density at radius 1 is 1.42 bits per heavy atom. The number of amides is 1. The molecule has 10 heteroatoms.